The number of fused-ring (bicyclic) bond motifs is 2. The van der Waals surface area contributed by atoms with Crippen molar-refractivity contribution >= 4 is 22.5 Å². The zero-order valence-corrected chi connectivity index (χ0v) is 15.5. The molecule has 4 rings (SSSR count). The van der Waals surface area contributed by atoms with E-state index in [0.29, 0.717) is 41.5 Å². The highest BCUT2D eigenvalue weighted by Gasteiger charge is 2.32. The van der Waals surface area contributed by atoms with Crippen LogP contribution in [0.2, 0.25) is 0 Å². The maximum absolute atomic E-state index is 13.3. The Bertz CT molecular complexity index is 1170. The van der Waals surface area contributed by atoms with Crippen LogP contribution in [0.3, 0.4) is 0 Å². The van der Waals surface area contributed by atoms with Crippen molar-refractivity contribution in [3.63, 3.8) is 0 Å². The normalized spacial score (nSPS) is 14.0. The van der Waals surface area contributed by atoms with E-state index in [1.165, 1.54) is 33.7 Å². The Kier molecular flexibility index (Phi) is 4.56. The van der Waals surface area contributed by atoms with Gasteiger partial charge in [-0.3, -0.25) is 9.59 Å². The first kappa shape index (κ1) is 19.0. The second kappa shape index (κ2) is 6.95. The van der Waals surface area contributed by atoms with Crippen molar-refractivity contribution in [1.29, 1.82) is 0 Å². The largest absolute Gasteiger partial charge is 0.573 e. The maximum atomic E-state index is 13.3. The molecule has 0 N–H and O–H groups in total. The Morgan fingerprint density at radius 3 is 2.62 bits per heavy atom. The first-order valence-electron chi connectivity index (χ1n) is 9.04. The van der Waals surface area contributed by atoms with Gasteiger partial charge in [-0.2, -0.15) is 0 Å². The molecule has 0 radical (unpaired) electrons. The second-order valence-electron chi connectivity index (χ2n) is 6.87. The summed E-state index contributed by atoms with van der Waals surface area (Å²) in [5.41, 5.74) is 1.72. The van der Waals surface area contributed by atoms with Crippen molar-refractivity contribution in [2.75, 3.05) is 11.4 Å². The van der Waals surface area contributed by atoms with Crippen LogP contribution < -0.4 is 15.2 Å². The molecule has 1 aliphatic heterocycles. The van der Waals surface area contributed by atoms with E-state index in [0.717, 1.165) is 0 Å². The lowest BCUT2D eigenvalue weighted by atomic mass is 9.99. The molecule has 3 aromatic rings. The third kappa shape index (κ3) is 3.57. The van der Waals surface area contributed by atoms with Gasteiger partial charge in [-0.1, -0.05) is 18.2 Å². The summed E-state index contributed by atoms with van der Waals surface area (Å²) in [5, 5.41) is 0.642. The van der Waals surface area contributed by atoms with Gasteiger partial charge >= 0.3 is 6.36 Å². The van der Waals surface area contributed by atoms with Crippen LogP contribution in [0.15, 0.2) is 53.3 Å². The SMILES string of the molecule is Cn1c(=O)cc(C(=O)N2CCCc3cc(OC(F)(F)F)ccc32)c2ccccc21. The average molecular weight is 402 g/mol. The number of benzene rings is 2. The van der Waals surface area contributed by atoms with Gasteiger partial charge in [0.1, 0.15) is 5.75 Å². The summed E-state index contributed by atoms with van der Waals surface area (Å²) in [6.45, 7) is 0.412. The molecule has 0 bridgehead atoms. The van der Waals surface area contributed by atoms with Gasteiger partial charge in [0.2, 0.25) is 0 Å². The molecular formula is C21H17F3N2O3. The fourth-order valence-corrected chi connectivity index (χ4v) is 3.71. The number of aryl methyl sites for hydroxylation is 2. The van der Waals surface area contributed by atoms with E-state index >= 15 is 0 Å². The summed E-state index contributed by atoms with van der Waals surface area (Å²) < 4.78 is 43.0. The van der Waals surface area contributed by atoms with Crippen molar-refractivity contribution in [1.82, 2.24) is 4.57 Å². The number of carbonyl (C=O) groups excluding carboxylic acids is 1. The van der Waals surface area contributed by atoms with Crippen LogP contribution in [0.5, 0.6) is 5.75 Å². The Morgan fingerprint density at radius 1 is 1.10 bits per heavy atom. The molecule has 2 aromatic carbocycles. The molecular weight excluding hydrogens is 385 g/mol. The molecule has 5 nitrogen and oxygen atoms in total. The van der Waals surface area contributed by atoms with E-state index in [1.54, 1.807) is 31.3 Å². The maximum Gasteiger partial charge on any atom is 0.573 e. The third-order valence-corrected chi connectivity index (χ3v) is 5.03. The molecule has 1 aliphatic rings. The molecule has 1 aromatic heterocycles. The minimum atomic E-state index is -4.78. The number of aromatic nitrogens is 1. The number of halogens is 3. The number of amides is 1. The molecule has 1 amide bonds. The van der Waals surface area contributed by atoms with E-state index in [2.05, 4.69) is 4.74 Å². The van der Waals surface area contributed by atoms with Crippen LogP contribution in [-0.2, 0) is 13.5 Å². The van der Waals surface area contributed by atoms with Gasteiger partial charge in [-0.15, -0.1) is 13.2 Å². The van der Waals surface area contributed by atoms with E-state index in [4.69, 9.17) is 0 Å². The topological polar surface area (TPSA) is 51.5 Å². The molecule has 0 fully saturated rings. The Hall–Kier alpha value is -3.29. The van der Waals surface area contributed by atoms with Crippen molar-refractivity contribution in [2.24, 2.45) is 7.05 Å². The fourth-order valence-electron chi connectivity index (χ4n) is 3.71. The zero-order chi connectivity index (χ0) is 20.8. The average Bonchev–Trinajstić information content (AvgIpc) is 2.68. The summed E-state index contributed by atoms with van der Waals surface area (Å²) in [6.07, 6.45) is -3.65. The van der Waals surface area contributed by atoms with Crippen LogP contribution in [0.25, 0.3) is 10.9 Å². The van der Waals surface area contributed by atoms with Gasteiger partial charge in [0.15, 0.2) is 0 Å². The number of nitrogens with zero attached hydrogens (tertiary/aromatic N) is 2. The summed E-state index contributed by atoms with van der Waals surface area (Å²) in [7, 11) is 1.64. The number of pyridine rings is 1. The van der Waals surface area contributed by atoms with Gasteiger partial charge in [0, 0.05) is 30.7 Å². The Balaban J connectivity index is 1.76. The van der Waals surface area contributed by atoms with Crippen molar-refractivity contribution in [3.05, 3.63) is 70.0 Å². The second-order valence-corrected chi connectivity index (χ2v) is 6.87. The van der Waals surface area contributed by atoms with Crippen LogP contribution >= 0.6 is 0 Å². The van der Waals surface area contributed by atoms with E-state index < -0.39 is 6.36 Å². The molecule has 0 aliphatic carbocycles. The van der Waals surface area contributed by atoms with Crippen LogP contribution in [0.1, 0.15) is 22.3 Å². The lowest BCUT2D eigenvalue weighted by Crippen LogP contribution is -2.36. The lowest BCUT2D eigenvalue weighted by Gasteiger charge is -2.30. The summed E-state index contributed by atoms with van der Waals surface area (Å²) >= 11 is 0. The number of para-hydroxylation sites is 1. The van der Waals surface area contributed by atoms with Gasteiger partial charge in [0.25, 0.3) is 11.5 Å². The monoisotopic (exact) mass is 402 g/mol. The van der Waals surface area contributed by atoms with Gasteiger partial charge in [0.05, 0.1) is 11.1 Å². The predicted molar refractivity (Wildman–Crippen MR) is 102 cm³/mol. The number of hydrogen-bond donors (Lipinski definition) is 0. The number of alkyl halides is 3. The van der Waals surface area contributed by atoms with E-state index in [9.17, 15) is 22.8 Å². The molecule has 0 atom stereocenters. The predicted octanol–water partition coefficient (Wildman–Crippen LogP) is 4.03. The van der Waals surface area contributed by atoms with Crippen molar-refractivity contribution in [3.8, 4) is 5.75 Å². The minimum absolute atomic E-state index is 0.271. The number of ether oxygens (including phenoxy) is 1. The summed E-state index contributed by atoms with van der Waals surface area (Å²) in [4.78, 5) is 27.2. The molecule has 2 heterocycles. The van der Waals surface area contributed by atoms with Gasteiger partial charge < -0.3 is 14.2 Å². The molecule has 0 saturated carbocycles. The number of anilines is 1. The first-order chi connectivity index (χ1) is 13.7. The Morgan fingerprint density at radius 2 is 1.86 bits per heavy atom. The molecule has 0 spiro atoms. The molecule has 0 unspecified atom stereocenters. The number of carbonyl (C=O) groups is 1. The fraction of sp³-hybridized carbons (Fsp3) is 0.238. The van der Waals surface area contributed by atoms with Crippen LogP contribution in [0, 0.1) is 0 Å². The highest BCUT2D eigenvalue weighted by molar-refractivity contribution is 6.14. The zero-order valence-electron chi connectivity index (χ0n) is 15.5. The summed E-state index contributed by atoms with van der Waals surface area (Å²) in [5.74, 6) is -0.672. The van der Waals surface area contributed by atoms with Crippen LogP contribution in [-0.4, -0.2) is 23.4 Å². The number of rotatable bonds is 2. The van der Waals surface area contributed by atoms with E-state index in [-0.39, 0.29) is 22.8 Å². The lowest BCUT2D eigenvalue weighted by molar-refractivity contribution is -0.274. The van der Waals surface area contributed by atoms with Gasteiger partial charge in [-0.05, 0) is 42.7 Å². The molecule has 8 heteroatoms. The number of hydrogen-bond acceptors (Lipinski definition) is 3. The van der Waals surface area contributed by atoms with E-state index in [1.807, 2.05) is 0 Å². The minimum Gasteiger partial charge on any atom is -0.406 e. The molecule has 0 saturated heterocycles. The third-order valence-electron chi connectivity index (χ3n) is 5.03. The van der Waals surface area contributed by atoms with Crippen molar-refractivity contribution in [2.45, 2.75) is 19.2 Å². The summed E-state index contributed by atoms with van der Waals surface area (Å²) in [6, 6.07) is 12.4. The standard InChI is InChI=1S/C21H17F3N2O3/c1-25-18-7-3-2-6-15(18)16(12-19(25)27)20(28)26-10-4-5-13-11-14(8-9-17(13)26)29-21(22,23)24/h2-3,6-9,11-12H,4-5,10H2,1H3. The smallest absolute Gasteiger partial charge is 0.406 e. The highest BCUT2D eigenvalue weighted by atomic mass is 19.4. The highest BCUT2D eigenvalue weighted by Crippen LogP contribution is 2.34. The van der Waals surface area contributed by atoms with Crippen molar-refractivity contribution < 1.29 is 22.7 Å². The molecule has 150 valence electrons. The van der Waals surface area contributed by atoms with Crippen LogP contribution in [0.4, 0.5) is 18.9 Å². The first-order valence-corrected chi connectivity index (χ1v) is 9.04. The quantitative estimate of drug-likeness (QED) is 0.650. The molecule has 29 heavy (non-hydrogen) atoms. The Labute approximate surface area is 163 Å². The van der Waals surface area contributed by atoms with Gasteiger partial charge in [-0.25, -0.2) is 0 Å².